The van der Waals surface area contributed by atoms with Gasteiger partial charge in [-0.2, -0.15) is 0 Å². The van der Waals surface area contributed by atoms with Crippen LogP contribution in [0.25, 0.3) is 0 Å². The van der Waals surface area contributed by atoms with Gasteiger partial charge in [-0.15, -0.1) is 0 Å². The van der Waals surface area contributed by atoms with Crippen LogP contribution in [0.4, 0.5) is 0 Å². The number of aliphatic hydroxyl groups excluding tert-OH is 8. The summed E-state index contributed by atoms with van der Waals surface area (Å²) in [6.07, 6.45) is -6.94. The van der Waals surface area contributed by atoms with Gasteiger partial charge in [-0.05, 0) is 0 Å². The molecule has 0 saturated heterocycles. The maximum atomic E-state index is 9.41. The number of hydrogen-bond acceptors (Lipinski definition) is 16. The zero-order chi connectivity index (χ0) is 23.4. The Balaban J connectivity index is -0.0000000873. The molecule has 0 heterocycles. The molecule has 0 fully saturated rings. The van der Waals surface area contributed by atoms with E-state index in [4.69, 9.17) is 40.9 Å². The minimum Gasteiger partial charge on any atom is -0.547 e. The Bertz CT molecular complexity index is 364. The minimum absolute atomic E-state index is 0. The van der Waals surface area contributed by atoms with Crippen molar-refractivity contribution in [3.05, 3.63) is 0 Å². The Morgan fingerprint density at radius 2 is 0.586 bits per heavy atom. The molecule has 0 rings (SSSR count). The molecule has 0 bridgehead atoms. The van der Waals surface area contributed by atoms with E-state index in [9.17, 15) is 39.6 Å². The molecule has 4 unspecified atom stereocenters. The number of aliphatic hydroxyl groups is 8. The standard InChI is InChI=1S/4C3H6O4.Si/c4*4-1-2(5)3(6)7;/h4*2,4-5H,1H2,(H,6,7);/q;;;;+4/p-4. The zero-order valence-corrected chi connectivity index (χ0v) is 15.5. The van der Waals surface area contributed by atoms with Crippen molar-refractivity contribution in [2.45, 2.75) is 24.4 Å². The Labute approximate surface area is 167 Å². The van der Waals surface area contributed by atoms with Gasteiger partial charge in [0.05, 0.1) is 50.3 Å². The second-order valence-electron chi connectivity index (χ2n) is 4.07. The number of rotatable bonds is 8. The fourth-order valence-electron chi connectivity index (χ4n) is 0.298. The van der Waals surface area contributed by atoms with Crippen molar-refractivity contribution in [2.24, 2.45) is 0 Å². The Hall–Kier alpha value is -2.22. The molecule has 4 atom stereocenters. The van der Waals surface area contributed by atoms with Gasteiger partial charge < -0.3 is 80.5 Å². The van der Waals surface area contributed by atoms with E-state index < -0.39 is 74.7 Å². The van der Waals surface area contributed by atoms with Gasteiger partial charge in [-0.25, -0.2) is 0 Å². The first-order valence-electron chi connectivity index (χ1n) is 6.72. The molecular weight excluding hydrogens is 428 g/mol. The molecule has 168 valence electrons. The number of hydrogen-bond donors (Lipinski definition) is 8. The molecule has 0 aliphatic rings. The van der Waals surface area contributed by atoms with E-state index in [1.54, 1.807) is 0 Å². The van der Waals surface area contributed by atoms with E-state index in [1.165, 1.54) is 0 Å². The van der Waals surface area contributed by atoms with Gasteiger partial charge in [0.1, 0.15) is 24.4 Å². The molecule has 29 heavy (non-hydrogen) atoms. The number of carboxylic acids is 4. The SMILES string of the molecule is O=C([O-])C(O)CO.O=C([O-])C(O)CO.O=C([O-])C(O)CO.O=C([O-])C(O)CO.[Si+4]. The summed E-state index contributed by atoms with van der Waals surface area (Å²) < 4.78 is 0. The van der Waals surface area contributed by atoms with Crippen LogP contribution in [-0.4, -0.2) is 127 Å². The molecule has 0 aliphatic heterocycles. The number of carboxylic acid groups (broad SMARTS) is 4. The third kappa shape index (κ3) is 30.7. The molecule has 0 amide bonds. The molecule has 16 nitrogen and oxygen atoms in total. The molecule has 0 spiro atoms. The number of carbonyl (C=O) groups excluding carboxylic acids is 4. The van der Waals surface area contributed by atoms with Crippen molar-refractivity contribution in [1.29, 1.82) is 0 Å². The average Bonchev–Trinajstić information content (AvgIpc) is 2.66. The summed E-state index contributed by atoms with van der Waals surface area (Å²) in [6.45, 7) is -3.16. The molecule has 17 heteroatoms. The normalized spacial score (nSPS) is 13.0. The van der Waals surface area contributed by atoms with Crippen LogP contribution in [-0.2, 0) is 19.2 Å². The zero-order valence-electron chi connectivity index (χ0n) is 14.5. The average molecular weight is 448 g/mol. The smallest absolute Gasteiger partial charge is 0.547 e. The van der Waals surface area contributed by atoms with E-state index in [0.29, 0.717) is 0 Å². The largest absolute Gasteiger partial charge is 4.00 e. The summed E-state index contributed by atoms with van der Waals surface area (Å²) in [7, 11) is 0. The minimum atomic E-state index is -1.74. The third-order valence-corrected chi connectivity index (χ3v) is 1.78. The monoisotopic (exact) mass is 448 g/mol. The van der Waals surface area contributed by atoms with Crippen LogP contribution < -0.4 is 20.4 Å². The van der Waals surface area contributed by atoms with Crippen molar-refractivity contribution in [3.63, 3.8) is 0 Å². The first-order valence-corrected chi connectivity index (χ1v) is 6.72. The molecule has 0 aromatic rings. The molecule has 0 aromatic heterocycles. The second kappa shape index (κ2) is 23.8. The van der Waals surface area contributed by atoms with Gasteiger partial charge in [0.15, 0.2) is 0 Å². The second-order valence-corrected chi connectivity index (χ2v) is 4.07. The van der Waals surface area contributed by atoms with Gasteiger partial charge in [0, 0.05) is 0 Å². The molecule has 0 saturated carbocycles. The van der Waals surface area contributed by atoms with Crippen LogP contribution in [0.15, 0.2) is 0 Å². The van der Waals surface area contributed by atoms with Gasteiger partial charge in [0.2, 0.25) is 0 Å². The van der Waals surface area contributed by atoms with E-state index in [1.807, 2.05) is 0 Å². The van der Waals surface area contributed by atoms with Crippen LogP contribution in [0.2, 0.25) is 0 Å². The molecule has 0 aliphatic carbocycles. The predicted octanol–water partition coefficient (Wildman–Crippen LogP) is -12.0. The maximum absolute atomic E-state index is 9.41. The first-order chi connectivity index (χ1) is 12.7. The quantitative estimate of drug-likeness (QED) is 0.160. The van der Waals surface area contributed by atoms with Crippen molar-refractivity contribution in [1.82, 2.24) is 0 Å². The Morgan fingerprint density at radius 3 is 0.586 bits per heavy atom. The predicted molar refractivity (Wildman–Crippen MR) is 78.2 cm³/mol. The van der Waals surface area contributed by atoms with Crippen molar-refractivity contribution in [2.75, 3.05) is 26.4 Å². The van der Waals surface area contributed by atoms with Gasteiger partial charge in [0.25, 0.3) is 0 Å². The van der Waals surface area contributed by atoms with Crippen LogP contribution in [0, 0.1) is 0 Å². The summed E-state index contributed by atoms with van der Waals surface area (Å²) in [5.41, 5.74) is 0. The van der Waals surface area contributed by atoms with Gasteiger partial charge in [-0.1, -0.05) is 0 Å². The van der Waals surface area contributed by atoms with Gasteiger partial charge >= 0.3 is 11.0 Å². The van der Waals surface area contributed by atoms with Crippen molar-refractivity contribution >= 4 is 34.8 Å². The van der Waals surface area contributed by atoms with Gasteiger partial charge in [-0.3, -0.25) is 0 Å². The summed E-state index contributed by atoms with van der Waals surface area (Å²) in [6, 6.07) is 0. The topological polar surface area (TPSA) is 322 Å². The van der Waals surface area contributed by atoms with E-state index in [-0.39, 0.29) is 11.0 Å². The Morgan fingerprint density at radius 1 is 0.483 bits per heavy atom. The molecular formula is C12H20O16Si. The summed E-state index contributed by atoms with van der Waals surface area (Å²) in [5.74, 6) is -6.60. The fraction of sp³-hybridized carbons (Fsp3) is 0.667. The Kier molecular flexibility index (Phi) is 30.8. The summed E-state index contributed by atoms with van der Waals surface area (Å²) >= 11 is 0. The summed E-state index contributed by atoms with van der Waals surface area (Å²) in [4.78, 5) is 37.6. The van der Waals surface area contributed by atoms with Crippen LogP contribution in [0.3, 0.4) is 0 Å². The van der Waals surface area contributed by atoms with E-state index >= 15 is 0 Å². The van der Waals surface area contributed by atoms with Crippen molar-refractivity contribution in [3.8, 4) is 0 Å². The van der Waals surface area contributed by atoms with Crippen LogP contribution in [0.1, 0.15) is 0 Å². The van der Waals surface area contributed by atoms with E-state index in [2.05, 4.69) is 0 Å². The van der Waals surface area contributed by atoms with Crippen LogP contribution in [0.5, 0.6) is 0 Å². The number of aliphatic carboxylic acids is 4. The van der Waals surface area contributed by atoms with Crippen LogP contribution >= 0.6 is 0 Å². The maximum Gasteiger partial charge on any atom is 4.00 e. The molecule has 8 N–H and O–H groups in total. The first kappa shape index (κ1) is 37.5. The molecule has 0 aromatic carbocycles. The van der Waals surface area contributed by atoms with Crippen molar-refractivity contribution < 1.29 is 80.5 Å². The fourth-order valence-corrected chi connectivity index (χ4v) is 0.298. The number of carbonyl (C=O) groups is 4. The molecule has 0 radical (unpaired) electrons. The summed E-state index contributed by atoms with van der Waals surface area (Å²) in [5, 5.41) is 101. The third-order valence-electron chi connectivity index (χ3n) is 1.78. The van der Waals surface area contributed by atoms with E-state index in [0.717, 1.165) is 0 Å².